The van der Waals surface area contributed by atoms with Crippen LogP contribution < -0.4 is 19.5 Å². The lowest BCUT2D eigenvalue weighted by Crippen LogP contribution is -2.42. The van der Waals surface area contributed by atoms with Crippen molar-refractivity contribution in [2.75, 3.05) is 41.1 Å². The van der Waals surface area contributed by atoms with Gasteiger partial charge in [-0.2, -0.15) is 0 Å². The molecule has 2 aromatic carbocycles. The van der Waals surface area contributed by atoms with E-state index >= 15 is 0 Å². The number of benzene rings is 2. The molecule has 10 heteroatoms. The first kappa shape index (κ1) is 28.8. The number of furan rings is 1. The van der Waals surface area contributed by atoms with E-state index in [1.807, 2.05) is 49.4 Å². The monoisotopic (exact) mass is 574 g/mol. The number of rotatable bonds is 9. The third-order valence-corrected chi connectivity index (χ3v) is 7.66. The van der Waals surface area contributed by atoms with Crippen molar-refractivity contribution in [3.63, 3.8) is 0 Å². The largest absolute Gasteiger partial charge is 0.497 e. The standard InChI is InChI=1S/C32H34N2O8/c1-19-24(12-20-13-28(39-3)31(29(14-20)40-4)27-18-41-11-9-34(27)32(36)37)23-8-7-21(38-2)15-26(23)25(19)16-30(35)33-17-22-6-5-10-42-22/h5-8,10,12-15,27H,9,11,16-18H2,1-4H3,(H,33,35)(H,36,37)/b24-12-. The molecule has 0 bridgehead atoms. The second kappa shape index (κ2) is 12.4. The highest BCUT2D eigenvalue weighted by atomic mass is 16.5. The Morgan fingerprint density at radius 3 is 2.48 bits per heavy atom. The summed E-state index contributed by atoms with van der Waals surface area (Å²) in [6.07, 6.45) is 2.75. The van der Waals surface area contributed by atoms with Gasteiger partial charge in [0.2, 0.25) is 5.91 Å². The minimum Gasteiger partial charge on any atom is -0.497 e. The molecule has 2 N–H and O–H groups in total. The highest BCUT2D eigenvalue weighted by molar-refractivity contribution is 6.08. The maximum Gasteiger partial charge on any atom is 0.407 e. The number of morpholine rings is 1. The van der Waals surface area contributed by atoms with Gasteiger partial charge in [-0.1, -0.05) is 6.07 Å². The van der Waals surface area contributed by atoms with E-state index in [2.05, 4.69) is 5.32 Å². The van der Waals surface area contributed by atoms with Gasteiger partial charge in [-0.25, -0.2) is 4.79 Å². The smallest absolute Gasteiger partial charge is 0.407 e. The Kier molecular flexibility index (Phi) is 8.53. The van der Waals surface area contributed by atoms with Crippen molar-refractivity contribution in [2.45, 2.75) is 25.9 Å². The summed E-state index contributed by atoms with van der Waals surface area (Å²) in [4.78, 5) is 26.3. The summed E-state index contributed by atoms with van der Waals surface area (Å²) >= 11 is 0. The Morgan fingerprint density at radius 1 is 1.07 bits per heavy atom. The Balaban J connectivity index is 1.53. The number of carboxylic acid groups (broad SMARTS) is 1. The van der Waals surface area contributed by atoms with Gasteiger partial charge in [-0.05, 0) is 82.8 Å². The molecule has 1 aliphatic heterocycles. The maximum absolute atomic E-state index is 13.0. The molecule has 1 unspecified atom stereocenters. The quantitative estimate of drug-likeness (QED) is 0.349. The second-order valence-corrected chi connectivity index (χ2v) is 10.0. The molecule has 1 aromatic heterocycles. The van der Waals surface area contributed by atoms with Crippen LogP contribution in [0.4, 0.5) is 4.79 Å². The second-order valence-electron chi connectivity index (χ2n) is 10.0. The molecule has 220 valence electrons. The summed E-state index contributed by atoms with van der Waals surface area (Å²) in [5, 5.41) is 12.7. The average molecular weight is 575 g/mol. The zero-order chi connectivity index (χ0) is 29.8. The summed E-state index contributed by atoms with van der Waals surface area (Å²) in [5.41, 5.74) is 6.13. The molecule has 3 aromatic rings. The highest BCUT2D eigenvalue weighted by Gasteiger charge is 2.34. The molecule has 42 heavy (non-hydrogen) atoms. The predicted molar refractivity (Wildman–Crippen MR) is 156 cm³/mol. The first-order chi connectivity index (χ1) is 20.3. The first-order valence-electron chi connectivity index (χ1n) is 13.6. The van der Waals surface area contributed by atoms with Gasteiger partial charge in [0, 0.05) is 6.54 Å². The molecular formula is C32H34N2O8. The summed E-state index contributed by atoms with van der Waals surface area (Å²) in [5.74, 6) is 2.24. The number of methoxy groups -OCH3 is 3. The number of nitrogens with one attached hydrogen (secondary N) is 1. The molecule has 1 atom stereocenters. The lowest BCUT2D eigenvalue weighted by molar-refractivity contribution is -0.120. The maximum atomic E-state index is 13.0. The number of nitrogens with zero attached hydrogens (tertiary/aromatic N) is 1. The van der Waals surface area contributed by atoms with Crippen molar-refractivity contribution in [3.05, 3.63) is 82.3 Å². The number of amides is 2. The summed E-state index contributed by atoms with van der Waals surface area (Å²) in [6.45, 7) is 3.09. The number of allylic oxidation sites excluding steroid dienone is 2. The average Bonchev–Trinajstić information content (AvgIpc) is 3.62. The molecule has 1 aliphatic carbocycles. The van der Waals surface area contributed by atoms with Crippen LogP contribution in [0.15, 0.2) is 58.7 Å². The fourth-order valence-corrected chi connectivity index (χ4v) is 5.55. The summed E-state index contributed by atoms with van der Waals surface area (Å²) in [6, 6.07) is 12.6. The van der Waals surface area contributed by atoms with Crippen molar-refractivity contribution in [1.29, 1.82) is 0 Å². The fourth-order valence-electron chi connectivity index (χ4n) is 5.55. The zero-order valence-electron chi connectivity index (χ0n) is 24.1. The Morgan fingerprint density at radius 2 is 1.83 bits per heavy atom. The van der Waals surface area contributed by atoms with E-state index in [1.165, 1.54) is 4.90 Å². The lowest BCUT2D eigenvalue weighted by atomic mass is 9.96. The SMILES string of the molecule is COc1ccc2c(c1)C(CC(=O)NCc1ccco1)=C(C)/C2=C/c1cc(OC)c(C2COCCN2C(=O)O)c(OC)c1. The van der Waals surface area contributed by atoms with E-state index in [0.717, 1.165) is 33.4 Å². The van der Waals surface area contributed by atoms with E-state index in [-0.39, 0.29) is 25.5 Å². The van der Waals surface area contributed by atoms with Gasteiger partial charge in [0.25, 0.3) is 0 Å². The Labute approximate surface area is 244 Å². The van der Waals surface area contributed by atoms with Crippen LogP contribution in [0.25, 0.3) is 17.2 Å². The van der Waals surface area contributed by atoms with Crippen molar-refractivity contribution < 1.29 is 38.1 Å². The minimum atomic E-state index is -1.03. The van der Waals surface area contributed by atoms with Gasteiger partial charge >= 0.3 is 6.09 Å². The lowest BCUT2D eigenvalue weighted by Gasteiger charge is -2.35. The zero-order valence-corrected chi connectivity index (χ0v) is 24.1. The van der Waals surface area contributed by atoms with Crippen LogP contribution in [0.3, 0.4) is 0 Å². The van der Waals surface area contributed by atoms with Gasteiger partial charge < -0.3 is 33.8 Å². The molecule has 0 saturated carbocycles. The Bertz CT molecular complexity index is 1510. The van der Waals surface area contributed by atoms with Crippen LogP contribution in [0.1, 0.15) is 47.4 Å². The fraction of sp³-hybridized carbons (Fsp3) is 0.312. The molecule has 1 fully saturated rings. The molecule has 2 heterocycles. The Hall–Kier alpha value is -4.70. The molecule has 10 nitrogen and oxygen atoms in total. The number of carbonyl (C=O) groups excluding carboxylic acids is 1. The van der Waals surface area contributed by atoms with Gasteiger partial charge in [0.1, 0.15) is 23.0 Å². The third-order valence-electron chi connectivity index (χ3n) is 7.66. The first-order valence-corrected chi connectivity index (χ1v) is 13.6. The topological polar surface area (TPSA) is 120 Å². The van der Waals surface area contributed by atoms with Crippen LogP contribution in [0, 0.1) is 0 Å². The number of ether oxygens (including phenoxy) is 4. The van der Waals surface area contributed by atoms with Gasteiger partial charge in [-0.3, -0.25) is 9.69 Å². The van der Waals surface area contributed by atoms with E-state index in [1.54, 1.807) is 33.7 Å². The van der Waals surface area contributed by atoms with E-state index in [9.17, 15) is 14.7 Å². The van der Waals surface area contributed by atoms with E-state index in [4.69, 9.17) is 23.4 Å². The molecule has 5 rings (SSSR count). The third kappa shape index (κ3) is 5.71. The van der Waals surface area contributed by atoms with Crippen molar-refractivity contribution in [1.82, 2.24) is 10.2 Å². The van der Waals surface area contributed by atoms with Crippen molar-refractivity contribution in [2.24, 2.45) is 0 Å². The van der Waals surface area contributed by atoms with E-state index < -0.39 is 12.1 Å². The number of hydrogen-bond donors (Lipinski definition) is 2. The van der Waals surface area contributed by atoms with Crippen molar-refractivity contribution in [3.8, 4) is 17.2 Å². The number of hydrogen-bond acceptors (Lipinski definition) is 7. The molecule has 1 saturated heterocycles. The molecular weight excluding hydrogens is 540 g/mol. The van der Waals surface area contributed by atoms with Crippen LogP contribution in [0.5, 0.6) is 17.2 Å². The molecule has 0 spiro atoms. The van der Waals surface area contributed by atoms with Crippen LogP contribution in [0.2, 0.25) is 0 Å². The van der Waals surface area contributed by atoms with Gasteiger partial charge in [-0.15, -0.1) is 0 Å². The highest BCUT2D eigenvalue weighted by Crippen LogP contribution is 2.46. The molecule has 2 amide bonds. The van der Waals surface area contributed by atoms with Gasteiger partial charge in [0.15, 0.2) is 0 Å². The van der Waals surface area contributed by atoms with E-state index in [0.29, 0.717) is 41.7 Å². The van der Waals surface area contributed by atoms with Crippen molar-refractivity contribution >= 4 is 29.2 Å². The summed E-state index contributed by atoms with van der Waals surface area (Å²) < 4.78 is 28.0. The van der Waals surface area contributed by atoms with Gasteiger partial charge in [0.05, 0.1) is 65.4 Å². The molecule has 2 aliphatic rings. The normalized spacial score (nSPS) is 17.3. The van der Waals surface area contributed by atoms with Crippen LogP contribution in [-0.2, 0) is 16.1 Å². The predicted octanol–water partition coefficient (Wildman–Crippen LogP) is 5.39. The van der Waals surface area contributed by atoms with Crippen LogP contribution >= 0.6 is 0 Å². The number of fused-ring (bicyclic) bond motifs is 1. The molecule has 0 radical (unpaired) electrons. The van der Waals surface area contributed by atoms with Crippen LogP contribution in [-0.4, -0.2) is 63.1 Å². The number of carbonyl (C=O) groups is 2. The minimum absolute atomic E-state index is 0.124. The summed E-state index contributed by atoms with van der Waals surface area (Å²) in [7, 11) is 4.71.